The number of hydrogen-bond acceptors (Lipinski definition) is 7. The molecule has 154 valence electrons. The molecule has 2 aliphatic rings. The van der Waals surface area contributed by atoms with Crippen molar-refractivity contribution in [1.82, 2.24) is 10.0 Å². The van der Waals surface area contributed by atoms with Crippen LogP contribution in [-0.4, -0.2) is 34.4 Å². The molecule has 0 aliphatic carbocycles. The smallest absolute Gasteiger partial charge is 0.448 e. The number of fused-ring (bicyclic) bond motifs is 1. The van der Waals surface area contributed by atoms with E-state index in [1.165, 1.54) is 11.1 Å². The summed E-state index contributed by atoms with van der Waals surface area (Å²) in [5.41, 5.74) is 4.70. The van der Waals surface area contributed by atoms with E-state index in [2.05, 4.69) is 4.98 Å². The van der Waals surface area contributed by atoms with Gasteiger partial charge in [-0.15, -0.1) is 0 Å². The number of alkyl halides is 3. The summed E-state index contributed by atoms with van der Waals surface area (Å²) in [4.78, 5) is 21.3. The minimum atomic E-state index is -4.84. The van der Waals surface area contributed by atoms with Crippen molar-refractivity contribution < 1.29 is 32.3 Å². The van der Waals surface area contributed by atoms with Crippen LogP contribution in [0.25, 0.3) is 11.3 Å². The van der Waals surface area contributed by atoms with Gasteiger partial charge in [0.25, 0.3) is 0 Å². The van der Waals surface area contributed by atoms with Crippen LogP contribution >= 0.6 is 11.3 Å². The van der Waals surface area contributed by atoms with E-state index in [-0.39, 0.29) is 22.3 Å². The Bertz CT molecular complexity index is 1010. The maximum atomic E-state index is 14.6. The number of nitrogens with zero attached hydrogens (tertiary/aromatic N) is 3. The average Bonchev–Trinajstić information content (AvgIpc) is 3.29. The number of nitrogens with two attached hydrogens (primary N) is 1. The second-order valence-corrected chi connectivity index (χ2v) is 7.53. The van der Waals surface area contributed by atoms with Gasteiger partial charge >= 0.3 is 12.3 Å². The summed E-state index contributed by atoms with van der Waals surface area (Å²) in [7, 11) is 0. The number of hydroxylamine groups is 2. The number of aromatic nitrogens is 1. The molecule has 7 nitrogen and oxygen atoms in total. The molecule has 1 unspecified atom stereocenters. The minimum Gasteiger partial charge on any atom is -0.448 e. The van der Waals surface area contributed by atoms with Crippen LogP contribution in [0.2, 0.25) is 0 Å². The summed E-state index contributed by atoms with van der Waals surface area (Å²) >= 11 is 1.01. The molecule has 0 radical (unpaired) electrons. The molecule has 0 bridgehead atoms. The van der Waals surface area contributed by atoms with Crippen LogP contribution in [0.1, 0.15) is 12.0 Å². The Hall–Kier alpha value is -3.02. The standard InChI is InChI=1S/C17H14F4N4O3S/c18-12-9(2-1-3-10(12)17(19,20)21)13-14(29-15(22)23-13)24-6-8-4-5-25(11(8)7-24)28-16(26)27/h1-3,7-8H,4-6H2,(H2,22,23)(H,26,27). The molecule has 2 aromatic rings. The number of hydrogen-bond donors (Lipinski definition) is 2. The largest absolute Gasteiger partial charge is 0.530 e. The Balaban J connectivity index is 1.73. The molecule has 3 N–H and O–H groups in total. The van der Waals surface area contributed by atoms with Crippen LogP contribution in [0.4, 0.5) is 32.5 Å². The lowest BCUT2D eigenvalue weighted by Crippen LogP contribution is -2.22. The molecule has 0 amide bonds. The van der Waals surface area contributed by atoms with E-state index in [1.54, 1.807) is 11.1 Å². The number of nitrogen functional groups attached to an aromatic ring is 1. The highest BCUT2D eigenvalue weighted by atomic mass is 32.1. The van der Waals surface area contributed by atoms with E-state index in [9.17, 15) is 22.4 Å². The molecule has 0 saturated carbocycles. The van der Waals surface area contributed by atoms with Crippen LogP contribution in [0.15, 0.2) is 30.1 Å². The normalized spacial score (nSPS) is 18.8. The van der Waals surface area contributed by atoms with Gasteiger partial charge in [0.2, 0.25) is 0 Å². The van der Waals surface area contributed by atoms with Crippen molar-refractivity contribution in [2.75, 3.05) is 23.7 Å². The Labute approximate surface area is 165 Å². The number of benzene rings is 1. The highest BCUT2D eigenvalue weighted by Gasteiger charge is 2.39. The molecule has 1 aromatic heterocycles. The quantitative estimate of drug-likeness (QED) is 0.707. The van der Waals surface area contributed by atoms with E-state index >= 15 is 0 Å². The maximum absolute atomic E-state index is 14.6. The fraction of sp³-hybridized carbons (Fsp3) is 0.294. The van der Waals surface area contributed by atoms with E-state index in [0.717, 1.165) is 17.4 Å². The number of carboxylic acid groups (broad SMARTS) is 1. The lowest BCUT2D eigenvalue weighted by Gasteiger charge is -2.18. The van der Waals surface area contributed by atoms with Gasteiger partial charge in [-0.05, 0) is 18.6 Å². The fourth-order valence-corrected chi connectivity index (χ4v) is 4.36. The van der Waals surface area contributed by atoms with Gasteiger partial charge in [0.1, 0.15) is 16.5 Å². The van der Waals surface area contributed by atoms with Gasteiger partial charge < -0.3 is 20.6 Å². The Morgan fingerprint density at radius 3 is 2.83 bits per heavy atom. The number of halogens is 4. The Kier molecular flexibility index (Phi) is 4.52. The second-order valence-electron chi connectivity index (χ2n) is 6.52. The van der Waals surface area contributed by atoms with Crippen molar-refractivity contribution in [1.29, 1.82) is 0 Å². The van der Waals surface area contributed by atoms with Crippen molar-refractivity contribution in [2.24, 2.45) is 5.92 Å². The van der Waals surface area contributed by atoms with Crippen LogP contribution in [0.5, 0.6) is 0 Å². The molecule has 0 spiro atoms. The molecule has 1 aromatic carbocycles. The fourth-order valence-electron chi connectivity index (χ4n) is 3.52. The lowest BCUT2D eigenvalue weighted by molar-refractivity contribution is -0.139. The van der Waals surface area contributed by atoms with E-state index in [1.807, 2.05) is 0 Å². The lowest BCUT2D eigenvalue weighted by atomic mass is 10.1. The predicted octanol–water partition coefficient (Wildman–Crippen LogP) is 4.14. The van der Waals surface area contributed by atoms with Crippen LogP contribution < -0.4 is 10.6 Å². The average molecular weight is 430 g/mol. The molecule has 3 heterocycles. The van der Waals surface area contributed by atoms with Crippen molar-refractivity contribution in [3.63, 3.8) is 0 Å². The van der Waals surface area contributed by atoms with Gasteiger partial charge in [-0.3, -0.25) is 0 Å². The second kappa shape index (κ2) is 6.79. The van der Waals surface area contributed by atoms with Gasteiger partial charge in [-0.2, -0.15) is 13.2 Å². The number of rotatable bonds is 3. The third kappa shape index (κ3) is 3.43. The first-order valence-corrected chi connectivity index (χ1v) is 9.26. The SMILES string of the molecule is Nc1nc(-c2cccc(C(F)(F)F)c2F)c(N2C=C3C(CCN3OC(=O)O)C2)s1. The molecule has 4 rings (SSSR count). The minimum absolute atomic E-state index is 0.00127. The molecule has 1 atom stereocenters. The number of carbonyl (C=O) groups is 1. The molecular weight excluding hydrogens is 416 g/mol. The first kappa shape index (κ1) is 19.3. The van der Waals surface area contributed by atoms with Gasteiger partial charge in [-0.1, -0.05) is 17.4 Å². The van der Waals surface area contributed by atoms with Gasteiger partial charge in [-0.25, -0.2) is 19.2 Å². The highest BCUT2D eigenvalue weighted by molar-refractivity contribution is 7.19. The third-order valence-electron chi connectivity index (χ3n) is 4.73. The highest BCUT2D eigenvalue weighted by Crippen LogP contribution is 2.45. The topological polar surface area (TPSA) is 91.9 Å². The van der Waals surface area contributed by atoms with E-state index < -0.39 is 23.7 Å². The van der Waals surface area contributed by atoms with Crippen molar-refractivity contribution in [3.8, 4) is 11.3 Å². The molecule has 1 saturated heterocycles. The summed E-state index contributed by atoms with van der Waals surface area (Å²) in [6.07, 6.45) is -4.03. The first-order valence-electron chi connectivity index (χ1n) is 8.44. The maximum Gasteiger partial charge on any atom is 0.530 e. The number of thiazole rings is 1. The number of anilines is 2. The summed E-state index contributed by atoms with van der Waals surface area (Å²) in [6.45, 7) is 0.820. The van der Waals surface area contributed by atoms with Gasteiger partial charge in [0.15, 0.2) is 5.13 Å². The van der Waals surface area contributed by atoms with Crippen molar-refractivity contribution in [3.05, 3.63) is 41.5 Å². The molecule has 2 aliphatic heterocycles. The van der Waals surface area contributed by atoms with Crippen molar-refractivity contribution >= 4 is 27.6 Å². The molecule has 12 heteroatoms. The monoisotopic (exact) mass is 430 g/mol. The van der Waals surface area contributed by atoms with E-state index in [4.69, 9.17) is 15.7 Å². The van der Waals surface area contributed by atoms with E-state index in [0.29, 0.717) is 36.3 Å². The summed E-state index contributed by atoms with van der Waals surface area (Å²) in [5, 5.41) is 10.5. The predicted molar refractivity (Wildman–Crippen MR) is 96.3 cm³/mol. The molecule has 1 fully saturated rings. The zero-order valence-corrected chi connectivity index (χ0v) is 15.4. The summed E-state index contributed by atoms with van der Waals surface area (Å²) in [5.74, 6) is -1.45. The summed E-state index contributed by atoms with van der Waals surface area (Å²) < 4.78 is 53.9. The first-order chi connectivity index (χ1) is 13.6. The zero-order chi connectivity index (χ0) is 20.9. The van der Waals surface area contributed by atoms with Crippen LogP contribution in [0, 0.1) is 11.7 Å². The molecular formula is C17H14F4N4O3S. The summed E-state index contributed by atoms with van der Waals surface area (Å²) in [6, 6.07) is 2.99. The van der Waals surface area contributed by atoms with Gasteiger partial charge in [0.05, 0.1) is 17.8 Å². The molecule has 29 heavy (non-hydrogen) atoms. The van der Waals surface area contributed by atoms with Crippen molar-refractivity contribution in [2.45, 2.75) is 12.6 Å². The van der Waals surface area contributed by atoms with Crippen LogP contribution in [-0.2, 0) is 11.0 Å². The van der Waals surface area contributed by atoms with Crippen LogP contribution in [0.3, 0.4) is 0 Å². The Morgan fingerprint density at radius 1 is 1.38 bits per heavy atom. The Morgan fingerprint density at radius 2 is 2.14 bits per heavy atom. The van der Waals surface area contributed by atoms with Gasteiger partial charge in [0, 0.05) is 24.2 Å². The third-order valence-corrected chi connectivity index (χ3v) is 5.65. The zero-order valence-electron chi connectivity index (χ0n) is 14.6.